The van der Waals surface area contributed by atoms with Crippen LogP contribution in [0.25, 0.3) is 16.5 Å². The van der Waals surface area contributed by atoms with Gasteiger partial charge in [-0.3, -0.25) is 0 Å². The molecule has 2 aliphatic heterocycles. The Morgan fingerprint density at radius 2 is 1.71 bits per heavy atom. The Kier molecular flexibility index (Phi) is 4.43. The summed E-state index contributed by atoms with van der Waals surface area (Å²) in [7, 11) is 0. The number of allylic oxidation sites excluding steroid dienone is 1. The quantitative estimate of drug-likeness (QED) is 0.546. The molecule has 4 aromatic rings. The largest absolute Gasteiger partial charge is 0.378 e. The van der Waals surface area contributed by atoms with Gasteiger partial charge >= 0.3 is 0 Å². The van der Waals surface area contributed by atoms with E-state index in [2.05, 4.69) is 93.1 Å². The molecule has 1 aromatic heterocycles. The predicted octanol–water partition coefficient (Wildman–Crippen LogP) is 4.32. The fourth-order valence-electron chi connectivity index (χ4n) is 4.51. The first-order valence-corrected chi connectivity index (χ1v) is 10.7. The second-order valence-corrected chi connectivity index (χ2v) is 7.89. The molecular formula is C25H23N5O. The van der Waals surface area contributed by atoms with Crippen LogP contribution in [0, 0.1) is 0 Å². The molecule has 0 saturated carbocycles. The number of hydrogen-bond acceptors (Lipinski definition) is 5. The molecule has 0 amide bonds. The molecule has 154 valence electrons. The summed E-state index contributed by atoms with van der Waals surface area (Å²) in [6.07, 6.45) is 3.85. The molecule has 0 spiro atoms. The molecule has 1 fully saturated rings. The highest BCUT2D eigenvalue weighted by molar-refractivity contribution is 5.87. The van der Waals surface area contributed by atoms with Crippen molar-refractivity contribution in [2.75, 3.05) is 36.5 Å². The zero-order valence-corrected chi connectivity index (χ0v) is 17.1. The number of aromatic nitrogens is 3. The van der Waals surface area contributed by atoms with Gasteiger partial charge in [-0.05, 0) is 40.1 Å². The minimum atomic E-state index is -0.0289. The Morgan fingerprint density at radius 1 is 0.903 bits per heavy atom. The molecule has 0 radical (unpaired) electrons. The van der Waals surface area contributed by atoms with Gasteiger partial charge in [-0.15, -0.1) is 0 Å². The van der Waals surface area contributed by atoms with Crippen molar-refractivity contribution >= 4 is 28.1 Å². The van der Waals surface area contributed by atoms with Crippen LogP contribution in [0.3, 0.4) is 0 Å². The monoisotopic (exact) mass is 409 g/mol. The van der Waals surface area contributed by atoms with E-state index in [-0.39, 0.29) is 6.04 Å². The minimum absolute atomic E-state index is 0.0289. The first kappa shape index (κ1) is 18.2. The van der Waals surface area contributed by atoms with E-state index < -0.39 is 0 Å². The molecule has 3 heterocycles. The van der Waals surface area contributed by atoms with Crippen LogP contribution in [0.4, 0.5) is 11.6 Å². The van der Waals surface area contributed by atoms with Crippen LogP contribution in [0.5, 0.6) is 0 Å². The summed E-state index contributed by atoms with van der Waals surface area (Å²) in [5.74, 6) is 0.757. The van der Waals surface area contributed by atoms with Crippen molar-refractivity contribution in [1.29, 1.82) is 0 Å². The van der Waals surface area contributed by atoms with Gasteiger partial charge in [0.15, 0.2) is 0 Å². The number of fused-ring (bicyclic) bond motifs is 2. The minimum Gasteiger partial charge on any atom is -0.378 e. The van der Waals surface area contributed by atoms with Gasteiger partial charge in [0.25, 0.3) is 0 Å². The normalized spacial score (nSPS) is 18.4. The lowest BCUT2D eigenvalue weighted by atomic mass is 9.96. The van der Waals surface area contributed by atoms with E-state index in [1.165, 1.54) is 22.0 Å². The summed E-state index contributed by atoms with van der Waals surface area (Å²) < 4.78 is 7.43. The molecule has 1 N–H and O–H groups in total. The molecule has 1 unspecified atom stereocenters. The number of morpholine rings is 1. The Labute approximate surface area is 180 Å². The van der Waals surface area contributed by atoms with Gasteiger partial charge in [0.2, 0.25) is 5.95 Å². The molecule has 0 aliphatic carbocycles. The van der Waals surface area contributed by atoms with Gasteiger partial charge in [-0.25, -0.2) is 4.68 Å². The molecule has 6 heteroatoms. The summed E-state index contributed by atoms with van der Waals surface area (Å²) in [5.41, 5.74) is 4.63. The standard InChI is InChI=1S/C25H23N5O/c1-2-6-21-18(4-1)5-3-7-22(21)24-16-23(28-25-26-17-27-30(24)25)19-8-10-20(11-9-19)29-12-14-31-15-13-29/h1-11,16-17,24H,12-15H2,(H,26,27,28). The van der Waals surface area contributed by atoms with Crippen LogP contribution in [0.2, 0.25) is 0 Å². The Morgan fingerprint density at radius 3 is 2.58 bits per heavy atom. The maximum absolute atomic E-state index is 5.47. The number of benzene rings is 3. The molecule has 6 rings (SSSR count). The number of anilines is 2. The fraction of sp³-hybridized carbons (Fsp3) is 0.200. The summed E-state index contributed by atoms with van der Waals surface area (Å²) in [6.45, 7) is 3.45. The highest BCUT2D eigenvalue weighted by Gasteiger charge is 2.24. The van der Waals surface area contributed by atoms with E-state index in [4.69, 9.17) is 4.74 Å². The maximum Gasteiger partial charge on any atom is 0.226 e. The molecule has 31 heavy (non-hydrogen) atoms. The van der Waals surface area contributed by atoms with E-state index in [9.17, 15) is 0 Å². The van der Waals surface area contributed by atoms with Crippen LogP contribution in [-0.2, 0) is 4.74 Å². The predicted molar refractivity (Wildman–Crippen MR) is 123 cm³/mol. The molecule has 3 aromatic carbocycles. The lowest BCUT2D eigenvalue weighted by Gasteiger charge is -2.29. The lowest BCUT2D eigenvalue weighted by molar-refractivity contribution is 0.122. The van der Waals surface area contributed by atoms with Gasteiger partial charge < -0.3 is 15.0 Å². The van der Waals surface area contributed by atoms with Crippen LogP contribution >= 0.6 is 0 Å². The third kappa shape index (κ3) is 3.25. The summed E-state index contributed by atoms with van der Waals surface area (Å²) >= 11 is 0. The van der Waals surface area contributed by atoms with Crippen molar-refractivity contribution in [2.24, 2.45) is 0 Å². The SMILES string of the molecule is C1=C(c2ccc(N3CCOCC3)cc2)Nc2ncnn2C1c1cccc2ccccc12. The molecular weight excluding hydrogens is 386 g/mol. The van der Waals surface area contributed by atoms with Crippen molar-refractivity contribution < 1.29 is 4.74 Å². The van der Waals surface area contributed by atoms with E-state index in [1.54, 1.807) is 6.33 Å². The molecule has 2 aliphatic rings. The Balaban J connectivity index is 1.39. The van der Waals surface area contributed by atoms with E-state index in [0.717, 1.165) is 43.5 Å². The first-order chi connectivity index (χ1) is 15.4. The number of rotatable bonds is 3. The summed E-state index contributed by atoms with van der Waals surface area (Å²) in [4.78, 5) is 6.82. The number of hydrogen-bond donors (Lipinski definition) is 1. The number of nitrogens with one attached hydrogen (secondary N) is 1. The van der Waals surface area contributed by atoms with Gasteiger partial charge in [0.1, 0.15) is 12.4 Å². The average Bonchev–Trinajstić information content (AvgIpc) is 3.33. The van der Waals surface area contributed by atoms with Crippen molar-refractivity contribution in [3.63, 3.8) is 0 Å². The molecule has 0 bridgehead atoms. The van der Waals surface area contributed by atoms with Gasteiger partial charge in [-0.2, -0.15) is 10.1 Å². The second kappa shape index (κ2) is 7.56. The number of nitrogens with zero attached hydrogens (tertiary/aromatic N) is 4. The van der Waals surface area contributed by atoms with Crippen LogP contribution in [-0.4, -0.2) is 41.1 Å². The van der Waals surface area contributed by atoms with Gasteiger partial charge in [0, 0.05) is 24.5 Å². The third-order valence-electron chi connectivity index (χ3n) is 6.10. The van der Waals surface area contributed by atoms with Crippen LogP contribution in [0.15, 0.2) is 79.1 Å². The van der Waals surface area contributed by atoms with E-state index >= 15 is 0 Å². The van der Waals surface area contributed by atoms with Crippen molar-refractivity contribution in [2.45, 2.75) is 6.04 Å². The maximum atomic E-state index is 5.47. The summed E-state index contributed by atoms with van der Waals surface area (Å²) in [5, 5.41) is 10.4. The van der Waals surface area contributed by atoms with Crippen LogP contribution in [0.1, 0.15) is 17.2 Å². The zero-order chi connectivity index (χ0) is 20.6. The smallest absolute Gasteiger partial charge is 0.226 e. The topological polar surface area (TPSA) is 55.2 Å². The highest BCUT2D eigenvalue weighted by Crippen LogP contribution is 2.35. The number of ether oxygens (including phenoxy) is 1. The fourth-order valence-corrected chi connectivity index (χ4v) is 4.51. The van der Waals surface area contributed by atoms with Crippen LogP contribution < -0.4 is 10.2 Å². The Hall–Kier alpha value is -3.64. The summed E-state index contributed by atoms with van der Waals surface area (Å²) in [6, 6.07) is 23.6. The van der Waals surface area contributed by atoms with E-state index in [1.807, 2.05) is 4.68 Å². The van der Waals surface area contributed by atoms with Gasteiger partial charge in [0.05, 0.1) is 13.2 Å². The Bertz CT molecular complexity index is 1250. The zero-order valence-electron chi connectivity index (χ0n) is 17.1. The molecule has 6 nitrogen and oxygen atoms in total. The van der Waals surface area contributed by atoms with Gasteiger partial charge in [-0.1, -0.05) is 54.6 Å². The van der Waals surface area contributed by atoms with Crippen molar-refractivity contribution in [1.82, 2.24) is 14.8 Å². The lowest BCUT2D eigenvalue weighted by Crippen LogP contribution is -2.36. The van der Waals surface area contributed by atoms with Crippen molar-refractivity contribution in [3.8, 4) is 0 Å². The molecule has 1 saturated heterocycles. The first-order valence-electron chi connectivity index (χ1n) is 10.7. The average molecular weight is 409 g/mol. The molecule has 1 atom stereocenters. The second-order valence-electron chi connectivity index (χ2n) is 7.89. The van der Waals surface area contributed by atoms with E-state index in [0.29, 0.717) is 0 Å². The highest BCUT2D eigenvalue weighted by atomic mass is 16.5. The third-order valence-corrected chi connectivity index (χ3v) is 6.10. The van der Waals surface area contributed by atoms with Crippen molar-refractivity contribution in [3.05, 3.63) is 90.3 Å².